The first-order valence-electron chi connectivity index (χ1n) is 8.07. The van der Waals surface area contributed by atoms with Crippen LogP contribution in [0, 0.1) is 0 Å². The van der Waals surface area contributed by atoms with E-state index in [1.54, 1.807) is 46.6 Å². The van der Waals surface area contributed by atoms with Gasteiger partial charge in [0.1, 0.15) is 29.6 Å². The number of fused-ring (bicyclic) bond motifs is 1. The smallest absolute Gasteiger partial charge is 0.331 e. The SMILES string of the molecule is COc1ccc(OC)c2c(OC)c(COC(=O)C=C(C)C)cc(OC)c12. The van der Waals surface area contributed by atoms with Crippen molar-refractivity contribution in [1.29, 1.82) is 0 Å². The highest BCUT2D eigenvalue weighted by Gasteiger charge is 2.21. The molecule has 0 saturated carbocycles. The summed E-state index contributed by atoms with van der Waals surface area (Å²) in [6.07, 6.45) is 1.44. The quantitative estimate of drug-likeness (QED) is 0.551. The fraction of sp³-hybridized carbons (Fsp3) is 0.350. The van der Waals surface area contributed by atoms with Crippen LogP contribution < -0.4 is 18.9 Å². The Morgan fingerprint density at radius 1 is 0.885 bits per heavy atom. The van der Waals surface area contributed by atoms with Crippen molar-refractivity contribution < 1.29 is 28.5 Å². The zero-order chi connectivity index (χ0) is 19.3. The van der Waals surface area contributed by atoms with Crippen LogP contribution in [0.25, 0.3) is 10.8 Å². The van der Waals surface area contributed by atoms with Gasteiger partial charge in [-0.15, -0.1) is 0 Å². The summed E-state index contributed by atoms with van der Waals surface area (Å²) in [6.45, 7) is 3.70. The number of carbonyl (C=O) groups excluding carboxylic acids is 1. The highest BCUT2D eigenvalue weighted by molar-refractivity contribution is 6.03. The van der Waals surface area contributed by atoms with Crippen molar-refractivity contribution in [2.45, 2.75) is 20.5 Å². The monoisotopic (exact) mass is 360 g/mol. The normalized spacial score (nSPS) is 10.2. The molecule has 0 aromatic heterocycles. The number of carbonyl (C=O) groups is 1. The third kappa shape index (κ3) is 3.85. The van der Waals surface area contributed by atoms with E-state index in [0.29, 0.717) is 33.9 Å². The number of methoxy groups -OCH3 is 4. The Morgan fingerprint density at radius 3 is 1.96 bits per heavy atom. The molecule has 0 aliphatic heterocycles. The van der Waals surface area contributed by atoms with Crippen LogP contribution in [0.1, 0.15) is 19.4 Å². The Morgan fingerprint density at radius 2 is 1.46 bits per heavy atom. The molecular formula is C20H24O6. The van der Waals surface area contributed by atoms with E-state index in [1.807, 2.05) is 13.8 Å². The molecule has 0 aliphatic rings. The molecule has 2 aromatic carbocycles. The van der Waals surface area contributed by atoms with Gasteiger partial charge in [0.25, 0.3) is 0 Å². The Bertz CT molecular complexity index is 834. The van der Waals surface area contributed by atoms with Crippen LogP contribution in [0.2, 0.25) is 0 Å². The van der Waals surface area contributed by atoms with Gasteiger partial charge >= 0.3 is 5.97 Å². The highest BCUT2D eigenvalue weighted by atomic mass is 16.5. The standard InChI is InChI=1S/C20H24O6/c1-12(2)9-17(21)26-11-13-10-16(24-5)18-14(22-3)7-8-15(23-4)19(18)20(13)25-6/h7-10H,11H2,1-6H3. The summed E-state index contributed by atoms with van der Waals surface area (Å²) in [7, 11) is 6.29. The lowest BCUT2D eigenvalue weighted by atomic mass is 10.0. The van der Waals surface area contributed by atoms with E-state index >= 15 is 0 Å². The molecule has 0 radical (unpaired) electrons. The summed E-state index contributed by atoms with van der Waals surface area (Å²) < 4.78 is 27.5. The van der Waals surface area contributed by atoms with Gasteiger partial charge in [-0.3, -0.25) is 0 Å². The minimum atomic E-state index is -0.413. The second-order valence-corrected chi connectivity index (χ2v) is 5.82. The topological polar surface area (TPSA) is 63.2 Å². The maximum Gasteiger partial charge on any atom is 0.331 e. The second kappa shape index (κ2) is 8.47. The minimum absolute atomic E-state index is 0.0401. The average Bonchev–Trinajstić information content (AvgIpc) is 2.63. The molecule has 0 saturated heterocycles. The molecule has 0 N–H and O–H groups in total. The van der Waals surface area contributed by atoms with Crippen LogP contribution in [-0.4, -0.2) is 34.4 Å². The Hall–Kier alpha value is -2.89. The molecule has 0 unspecified atom stereocenters. The summed E-state index contributed by atoms with van der Waals surface area (Å²) in [5.41, 5.74) is 1.53. The summed E-state index contributed by atoms with van der Waals surface area (Å²) in [4.78, 5) is 11.9. The third-order valence-electron chi connectivity index (χ3n) is 3.84. The molecule has 0 spiro atoms. The maximum absolute atomic E-state index is 11.9. The summed E-state index contributed by atoms with van der Waals surface area (Å²) in [5, 5.41) is 1.42. The van der Waals surface area contributed by atoms with Crippen molar-refractivity contribution in [3.8, 4) is 23.0 Å². The number of benzene rings is 2. The lowest BCUT2D eigenvalue weighted by molar-refractivity contribution is -0.139. The van der Waals surface area contributed by atoms with Crippen LogP contribution in [-0.2, 0) is 16.1 Å². The average molecular weight is 360 g/mol. The molecule has 2 rings (SSSR count). The van der Waals surface area contributed by atoms with Crippen LogP contribution in [0.5, 0.6) is 23.0 Å². The van der Waals surface area contributed by atoms with E-state index in [2.05, 4.69) is 0 Å². The zero-order valence-electron chi connectivity index (χ0n) is 16.0. The van der Waals surface area contributed by atoms with Gasteiger partial charge in [-0.2, -0.15) is 0 Å². The van der Waals surface area contributed by atoms with Crippen LogP contribution in [0.15, 0.2) is 29.8 Å². The van der Waals surface area contributed by atoms with Gasteiger partial charge in [-0.25, -0.2) is 4.79 Å². The molecule has 6 heteroatoms. The van der Waals surface area contributed by atoms with Crippen molar-refractivity contribution in [2.24, 2.45) is 0 Å². The molecular weight excluding hydrogens is 336 g/mol. The van der Waals surface area contributed by atoms with Crippen molar-refractivity contribution in [3.05, 3.63) is 35.4 Å². The van der Waals surface area contributed by atoms with E-state index < -0.39 is 5.97 Å². The highest BCUT2D eigenvalue weighted by Crippen LogP contribution is 2.46. The number of hydrogen-bond donors (Lipinski definition) is 0. The van der Waals surface area contributed by atoms with Crippen molar-refractivity contribution in [2.75, 3.05) is 28.4 Å². The largest absolute Gasteiger partial charge is 0.496 e. The predicted octanol–water partition coefficient (Wildman–Crippen LogP) is 3.88. The number of hydrogen-bond acceptors (Lipinski definition) is 6. The molecule has 0 atom stereocenters. The van der Waals surface area contributed by atoms with E-state index in [4.69, 9.17) is 23.7 Å². The first-order valence-corrected chi connectivity index (χ1v) is 8.07. The van der Waals surface area contributed by atoms with E-state index in [-0.39, 0.29) is 6.61 Å². The van der Waals surface area contributed by atoms with Gasteiger partial charge in [0, 0.05) is 11.6 Å². The fourth-order valence-electron chi connectivity index (χ4n) is 2.76. The van der Waals surface area contributed by atoms with E-state index in [9.17, 15) is 4.79 Å². The van der Waals surface area contributed by atoms with Crippen LogP contribution >= 0.6 is 0 Å². The first-order chi connectivity index (χ1) is 12.5. The third-order valence-corrected chi connectivity index (χ3v) is 3.84. The Kier molecular flexibility index (Phi) is 6.33. The molecule has 0 aliphatic carbocycles. The summed E-state index contributed by atoms with van der Waals surface area (Å²) in [6, 6.07) is 5.37. The van der Waals surface area contributed by atoms with Gasteiger partial charge in [0.15, 0.2) is 0 Å². The lowest BCUT2D eigenvalue weighted by Gasteiger charge is -2.18. The van der Waals surface area contributed by atoms with Gasteiger partial charge in [0.05, 0.1) is 39.2 Å². The molecule has 140 valence electrons. The van der Waals surface area contributed by atoms with Crippen molar-refractivity contribution >= 4 is 16.7 Å². The molecule has 2 aromatic rings. The Balaban J connectivity index is 2.65. The molecule has 0 heterocycles. The molecule has 26 heavy (non-hydrogen) atoms. The van der Waals surface area contributed by atoms with Crippen LogP contribution in [0.4, 0.5) is 0 Å². The van der Waals surface area contributed by atoms with Crippen molar-refractivity contribution in [3.63, 3.8) is 0 Å². The van der Waals surface area contributed by atoms with Crippen LogP contribution in [0.3, 0.4) is 0 Å². The summed E-state index contributed by atoms with van der Waals surface area (Å²) in [5.74, 6) is 1.94. The number of esters is 1. The van der Waals surface area contributed by atoms with Gasteiger partial charge < -0.3 is 23.7 Å². The fourth-order valence-corrected chi connectivity index (χ4v) is 2.76. The van der Waals surface area contributed by atoms with Gasteiger partial charge in [0.2, 0.25) is 0 Å². The number of allylic oxidation sites excluding steroid dienone is 1. The molecule has 0 bridgehead atoms. The van der Waals surface area contributed by atoms with Gasteiger partial charge in [-0.05, 0) is 32.0 Å². The number of rotatable bonds is 7. The predicted molar refractivity (Wildman–Crippen MR) is 99.4 cm³/mol. The zero-order valence-corrected chi connectivity index (χ0v) is 16.0. The van der Waals surface area contributed by atoms with Crippen molar-refractivity contribution in [1.82, 2.24) is 0 Å². The molecule has 0 amide bonds. The Labute approximate surface area is 153 Å². The molecule has 6 nitrogen and oxygen atoms in total. The second-order valence-electron chi connectivity index (χ2n) is 5.82. The van der Waals surface area contributed by atoms with E-state index in [1.165, 1.54) is 6.08 Å². The van der Waals surface area contributed by atoms with Gasteiger partial charge in [-0.1, -0.05) is 5.57 Å². The lowest BCUT2D eigenvalue weighted by Crippen LogP contribution is -2.05. The van der Waals surface area contributed by atoms with E-state index in [0.717, 1.165) is 11.0 Å². The first kappa shape index (κ1) is 19.4. The minimum Gasteiger partial charge on any atom is -0.496 e. The molecule has 0 fully saturated rings. The number of ether oxygens (including phenoxy) is 5. The maximum atomic E-state index is 11.9. The summed E-state index contributed by atoms with van der Waals surface area (Å²) >= 11 is 0.